The number of hydrogen-bond donors (Lipinski definition) is 2. The van der Waals surface area contributed by atoms with Crippen molar-refractivity contribution >= 4 is 27.5 Å². The number of aromatic nitrogens is 4. The second kappa shape index (κ2) is 6.02. The van der Waals surface area contributed by atoms with Crippen molar-refractivity contribution in [2.75, 3.05) is 5.32 Å². The van der Waals surface area contributed by atoms with Crippen molar-refractivity contribution in [3.63, 3.8) is 0 Å². The van der Waals surface area contributed by atoms with Gasteiger partial charge < -0.3 is 5.32 Å². The van der Waals surface area contributed by atoms with Gasteiger partial charge in [-0.1, -0.05) is 22.0 Å². The summed E-state index contributed by atoms with van der Waals surface area (Å²) in [5, 5.41) is 16.4. The summed E-state index contributed by atoms with van der Waals surface area (Å²) in [6.45, 7) is 0. The molecule has 0 saturated heterocycles. The van der Waals surface area contributed by atoms with Crippen LogP contribution in [0.3, 0.4) is 0 Å². The Labute approximate surface area is 132 Å². The van der Waals surface area contributed by atoms with E-state index in [0.29, 0.717) is 17.1 Å². The molecule has 0 fully saturated rings. The zero-order valence-electron chi connectivity index (χ0n) is 11.0. The predicted octanol–water partition coefficient (Wildman–Crippen LogP) is 3.02. The topological polar surface area (TPSA) is 83.6 Å². The van der Waals surface area contributed by atoms with Crippen molar-refractivity contribution in [2.45, 2.75) is 0 Å². The lowest BCUT2D eigenvalue weighted by molar-refractivity contribution is 0.102. The Hall–Kier alpha value is -2.61. The zero-order valence-corrected chi connectivity index (χ0v) is 12.6. The molecule has 8 heteroatoms. The molecule has 0 aliphatic carbocycles. The summed E-state index contributed by atoms with van der Waals surface area (Å²) in [4.78, 5) is 12.2. The fourth-order valence-electron chi connectivity index (χ4n) is 1.91. The van der Waals surface area contributed by atoms with Crippen LogP contribution in [0.25, 0.3) is 11.4 Å². The molecule has 0 aliphatic heterocycles. The van der Waals surface area contributed by atoms with Crippen LogP contribution in [0.1, 0.15) is 10.4 Å². The second-order valence-corrected chi connectivity index (χ2v) is 5.31. The second-order valence-electron chi connectivity index (χ2n) is 4.39. The fraction of sp³-hybridized carbons (Fsp3) is 0. The highest BCUT2D eigenvalue weighted by molar-refractivity contribution is 9.10. The normalized spacial score (nSPS) is 10.5. The molecular formula is C14H9BrFN5O. The molecule has 0 bridgehead atoms. The first-order valence-electron chi connectivity index (χ1n) is 6.24. The number of carbonyl (C=O) groups is 1. The maximum Gasteiger partial charge on any atom is 0.255 e. The molecule has 1 aromatic heterocycles. The van der Waals surface area contributed by atoms with Crippen LogP contribution in [0.5, 0.6) is 0 Å². The Kier molecular flexibility index (Phi) is 3.92. The number of nitrogens with one attached hydrogen (secondary N) is 2. The van der Waals surface area contributed by atoms with Gasteiger partial charge in [0.15, 0.2) is 0 Å². The summed E-state index contributed by atoms with van der Waals surface area (Å²) in [6.07, 6.45) is 0. The van der Waals surface area contributed by atoms with Crippen molar-refractivity contribution < 1.29 is 9.18 Å². The van der Waals surface area contributed by atoms with Crippen LogP contribution in [-0.4, -0.2) is 26.5 Å². The minimum Gasteiger partial charge on any atom is -0.321 e. The molecule has 0 radical (unpaired) electrons. The molecule has 0 saturated carbocycles. The van der Waals surface area contributed by atoms with E-state index < -0.39 is 11.7 Å². The van der Waals surface area contributed by atoms with Crippen LogP contribution in [-0.2, 0) is 0 Å². The maximum absolute atomic E-state index is 13.2. The van der Waals surface area contributed by atoms with Crippen LogP contribution in [0, 0.1) is 5.82 Å². The lowest BCUT2D eigenvalue weighted by Crippen LogP contribution is -2.13. The Balaban J connectivity index is 1.95. The largest absolute Gasteiger partial charge is 0.321 e. The third-order valence-electron chi connectivity index (χ3n) is 2.90. The van der Waals surface area contributed by atoms with Crippen molar-refractivity contribution in [1.29, 1.82) is 0 Å². The van der Waals surface area contributed by atoms with Crippen LogP contribution < -0.4 is 5.32 Å². The highest BCUT2D eigenvalue weighted by atomic mass is 79.9. The fourth-order valence-corrected chi connectivity index (χ4v) is 2.28. The lowest BCUT2D eigenvalue weighted by Gasteiger charge is -2.09. The van der Waals surface area contributed by atoms with Crippen LogP contribution in [0.2, 0.25) is 0 Å². The SMILES string of the molecule is O=C(Nc1cc(Br)ccc1-c1nn[nH]n1)c1cccc(F)c1. The van der Waals surface area contributed by atoms with Gasteiger partial charge in [-0.15, -0.1) is 10.2 Å². The molecule has 0 atom stereocenters. The number of benzene rings is 2. The van der Waals surface area contributed by atoms with Gasteiger partial charge in [0.1, 0.15) is 5.82 Å². The van der Waals surface area contributed by atoms with Gasteiger partial charge in [-0.25, -0.2) is 4.39 Å². The van der Waals surface area contributed by atoms with E-state index in [9.17, 15) is 9.18 Å². The summed E-state index contributed by atoms with van der Waals surface area (Å²) < 4.78 is 14.0. The first kappa shape index (κ1) is 14.3. The summed E-state index contributed by atoms with van der Waals surface area (Å²) in [5.41, 5.74) is 1.31. The highest BCUT2D eigenvalue weighted by Crippen LogP contribution is 2.28. The minimum atomic E-state index is -0.472. The summed E-state index contributed by atoms with van der Waals surface area (Å²) in [6, 6.07) is 10.7. The number of rotatable bonds is 3. The zero-order chi connectivity index (χ0) is 15.5. The number of carbonyl (C=O) groups excluding carboxylic acids is 1. The van der Waals surface area contributed by atoms with Crippen molar-refractivity contribution in [3.8, 4) is 11.4 Å². The quantitative estimate of drug-likeness (QED) is 0.750. The van der Waals surface area contributed by atoms with E-state index in [2.05, 4.69) is 41.9 Å². The van der Waals surface area contributed by atoms with Gasteiger partial charge >= 0.3 is 0 Å². The molecule has 3 aromatic rings. The molecule has 110 valence electrons. The van der Waals surface area contributed by atoms with Crippen LogP contribution in [0.15, 0.2) is 46.9 Å². The number of H-pyrrole nitrogens is 1. The standard InChI is InChI=1S/C14H9BrFN5O/c15-9-4-5-11(13-18-20-21-19-13)12(7-9)17-14(22)8-2-1-3-10(16)6-8/h1-7H,(H,17,22)(H,18,19,20,21). The molecule has 3 rings (SSSR count). The molecule has 0 aliphatic rings. The van der Waals surface area contributed by atoms with Gasteiger partial charge in [-0.05, 0) is 41.6 Å². The number of amides is 1. The third kappa shape index (κ3) is 3.01. The van der Waals surface area contributed by atoms with E-state index in [1.165, 1.54) is 24.3 Å². The van der Waals surface area contributed by atoms with Gasteiger partial charge in [0, 0.05) is 15.6 Å². The van der Waals surface area contributed by atoms with E-state index in [0.717, 1.165) is 4.47 Å². The smallest absolute Gasteiger partial charge is 0.255 e. The Morgan fingerprint density at radius 1 is 1.23 bits per heavy atom. The van der Waals surface area contributed by atoms with Gasteiger partial charge in [-0.3, -0.25) is 4.79 Å². The minimum absolute atomic E-state index is 0.221. The van der Waals surface area contributed by atoms with Gasteiger partial charge in [-0.2, -0.15) is 5.21 Å². The summed E-state index contributed by atoms with van der Waals surface area (Å²) >= 11 is 3.34. The van der Waals surface area contributed by atoms with E-state index in [1.807, 2.05) is 0 Å². The summed E-state index contributed by atoms with van der Waals surface area (Å²) in [7, 11) is 0. The molecule has 1 amide bonds. The van der Waals surface area contributed by atoms with Crippen molar-refractivity contribution in [1.82, 2.24) is 20.6 Å². The van der Waals surface area contributed by atoms with Crippen LogP contribution in [0.4, 0.5) is 10.1 Å². The molecule has 1 heterocycles. The van der Waals surface area contributed by atoms with Gasteiger partial charge in [0.05, 0.1) is 5.69 Å². The highest BCUT2D eigenvalue weighted by Gasteiger charge is 2.14. The third-order valence-corrected chi connectivity index (χ3v) is 3.40. The van der Waals surface area contributed by atoms with Gasteiger partial charge in [0.25, 0.3) is 5.91 Å². The molecule has 6 nitrogen and oxygen atoms in total. The maximum atomic E-state index is 13.2. The molecule has 22 heavy (non-hydrogen) atoms. The number of anilines is 1. The number of nitrogens with zero attached hydrogens (tertiary/aromatic N) is 3. The monoisotopic (exact) mass is 361 g/mol. The molecule has 2 aromatic carbocycles. The predicted molar refractivity (Wildman–Crippen MR) is 81.7 cm³/mol. The van der Waals surface area contributed by atoms with Gasteiger partial charge in [0.2, 0.25) is 5.82 Å². The summed E-state index contributed by atoms with van der Waals surface area (Å²) in [5.74, 6) is -0.551. The van der Waals surface area contributed by atoms with E-state index in [-0.39, 0.29) is 5.56 Å². The number of aromatic amines is 1. The number of halogens is 2. The molecule has 2 N–H and O–H groups in total. The number of hydrogen-bond acceptors (Lipinski definition) is 4. The van der Waals surface area contributed by atoms with Crippen molar-refractivity contribution in [3.05, 3.63) is 58.3 Å². The first-order chi connectivity index (χ1) is 10.6. The molecular weight excluding hydrogens is 353 g/mol. The lowest BCUT2D eigenvalue weighted by atomic mass is 10.1. The Morgan fingerprint density at radius 2 is 2.09 bits per heavy atom. The Morgan fingerprint density at radius 3 is 2.82 bits per heavy atom. The Bertz CT molecular complexity index is 822. The van der Waals surface area contributed by atoms with E-state index >= 15 is 0 Å². The average molecular weight is 362 g/mol. The van der Waals surface area contributed by atoms with Crippen LogP contribution >= 0.6 is 15.9 Å². The molecule has 0 unspecified atom stereocenters. The van der Waals surface area contributed by atoms with Crippen molar-refractivity contribution in [2.24, 2.45) is 0 Å². The molecule has 0 spiro atoms. The number of tetrazole rings is 1. The average Bonchev–Trinajstić information content (AvgIpc) is 3.01. The van der Waals surface area contributed by atoms with E-state index in [4.69, 9.17) is 0 Å². The van der Waals surface area contributed by atoms with E-state index in [1.54, 1.807) is 18.2 Å². The first-order valence-corrected chi connectivity index (χ1v) is 7.03.